The van der Waals surface area contributed by atoms with E-state index in [4.69, 9.17) is 14.7 Å². The largest absolute Gasteiger partial charge is 0.490 e. The summed E-state index contributed by atoms with van der Waals surface area (Å²) < 4.78 is 12.4. The maximum Gasteiger partial charge on any atom is 0.137 e. The smallest absolute Gasteiger partial charge is 0.137 e. The van der Waals surface area contributed by atoms with Crippen LogP contribution in [0.4, 0.5) is 0 Å². The first-order chi connectivity index (χ1) is 10.9. The molecule has 3 nitrogen and oxygen atoms in total. The minimum atomic E-state index is 0.0249. The van der Waals surface area contributed by atoms with Gasteiger partial charge in [0.25, 0.3) is 0 Å². The predicted octanol–water partition coefficient (Wildman–Crippen LogP) is 5.08. The van der Waals surface area contributed by atoms with E-state index in [0.29, 0.717) is 24.5 Å². The fourth-order valence-corrected chi connectivity index (χ4v) is 2.59. The Labute approximate surface area is 146 Å². The topological polar surface area (TPSA) is 42.2 Å². The molecule has 2 aromatic carbocycles. The van der Waals surface area contributed by atoms with Crippen LogP contribution in [-0.4, -0.2) is 13.2 Å². The molecule has 0 radical (unpaired) electrons. The van der Waals surface area contributed by atoms with Gasteiger partial charge in [0.15, 0.2) is 0 Å². The van der Waals surface area contributed by atoms with Crippen LogP contribution in [0.5, 0.6) is 11.5 Å². The molecule has 4 heteroatoms. The van der Waals surface area contributed by atoms with Crippen molar-refractivity contribution in [3.63, 3.8) is 0 Å². The van der Waals surface area contributed by atoms with Crippen molar-refractivity contribution < 1.29 is 9.47 Å². The Kier molecular flexibility index (Phi) is 5.68. The lowest BCUT2D eigenvalue weighted by atomic mass is 9.86. The van der Waals surface area contributed by atoms with E-state index in [9.17, 15) is 0 Å². The molecule has 0 aromatic heterocycles. The van der Waals surface area contributed by atoms with Crippen LogP contribution in [0.1, 0.15) is 31.9 Å². The predicted molar refractivity (Wildman–Crippen MR) is 95.0 cm³/mol. The van der Waals surface area contributed by atoms with E-state index in [1.54, 1.807) is 12.1 Å². The minimum Gasteiger partial charge on any atom is -0.490 e. The van der Waals surface area contributed by atoms with Crippen LogP contribution in [0, 0.1) is 11.3 Å². The van der Waals surface area contributed by atoms with Crippen molar-refractivity contribution in [2.45, 2.75) is 26.2 Å². The van der Waals surface area contributed by atoms with E-state index in [2.05, 4.69) is 48.8 Å². The molecule has 0 aliphatic carbocycles. The molecule has 0 unspecified atom stereocenters. The molecular weight excluding hydrogens is 354 g/mol. The molecule has 0 atom stereocenters. The van der Waals surface area contributed by atoms with Gasteiger partial charge in [0, 0.05) is 4.47 Å². The molecule has 120 valence electrons. The van der Waals surface area contributed by atoms with E-state index in [1.165, 1.54) is 5.56 Å². The third kappa shape index (κ3) is 4.74. The average Bonchev–Trinajstić information content (AvgIpc) is 2.52. The van der Waals surface area contributed by atoms with E-state index < -0.39 is 0 Å². The molecule has 0 fully saturated rings. The Hall–Kier alpha value is -1.99. The van der Waals surface area contributed by atoms with E-state index in [1.807, 2.05) is 24.3 Å². The normalized spacial score (nSPS) is 10.9. The van der Waals surface area contributed by atoms with Gasteiger partial charge < -0.3 is 9.47 Å². The first-order valence-corrected chi connectivity index (χ1v) is 8.26. The summed E-state index contributed by atoms with van der Waals surface area (Å²) in [7, 11) is 0. The summed E-state index contributed by atoms with van der Waals surface area (Å²) in [4.78, 5) is 0. The van der Waals surface area contributed by atoms with Crippen molar-refractivity contribution in [2.24, 2.45) is 0 Å². The molecule has 0 aliphatic heterocycles. The van der Waals surface area contributed by atoms with Crippen molar-refractivity contribution in [3.05, 3.63) is 58.1 Å². The molecule has 23 heavy (non-hydrogen) atoms. The first kappa shape index (κ1) is 17.4. The van der Waals surface area contributed by atoms with E-state index in [-0.39, 0.29) is 5.41 Å². The van der Waals surface area contributed by atoms with Crippen LogP contribution in [0.15, 0.2) is 46.9 Å². The Morgan fingerprint density at radius 3 is 2.30 bits per heavy atom. The molecule has 0 spiro atoms. The molecule has 0 saturated carbocycles. The summed E-state index contributed by atoms with van der Waals surface area (Å²) in [6.07, 6.45) is 0. The first-order valence-electron chi connectivity index (χ1n) is 7.46. The highest BCUT2D eigenvalue weighted by atomic mass is 79.9. The van der Waals surface area contributed by atoms with Crippen molar-refractivity contribution in [1.82, 2.24) is 0 Å². The number of benzene rings is 2. The molecule has 2 rings (SSSR count). The Bertz CT molecular complexity index is 714. The number of para-hydroxylation sites is 1. The zero-order chi connectivity index (χ0) is 16.9. The molecule has 0 amide bonds. The molecule has 0 bridgehead atoms. The van der Waals surface area contributed by atoms with Gasteiger partial charge in [-0.1, -0.05) is 54.9 Å². The molecule has 0 aliphatic rings. The quantitative estimate of drug-likeness (QED) is 0.686. The van der Waals surface area contributed by atoms with Crippen molar-refractivity contribution in [2.75, 3.05) is 13.2 Å². The summed E-state index contributed by atoms with van der Waals surface area (Å²) in [5.41, 5.74) is 1.70. The molecular formula is C19H20BrNO2. The summed E-state index contributed by atoms with van der Waals surface area (Å²) >= 11 is 3.34. The highest BCUT2D eigenvalue weighted by Crippen LogP contribution is 2.31. The zero-order valence-corrected chi connectivity index (χ0v) is 15.2. The van der Waals surface area contributed by atoms with Gasteiger partial charge in [-0.25, -0.2) is 0 Å². The third-order valence-electron chi connectivity index (χ3n) is 3.36. The maximum absolute atomic E-state index is 9.12. The fourth-order valence-electron chi connectivity index (χ4n) is 2.23. The van der Waals surface area contributed by atoms with Crippen molar-refractivity contribution in [1.29, 1.82) is 5.26 Å². The molecule has 0 saturated heterocycles. The fraction of sp³-hybridized carbons (Fsp3) is 0.316. The lowest BCUT2D eigenvalue weighted by Gasteiger charge is -2.22. The van der Waals surface area contributed by atoms with Crippen LogP contribution < -0.4 is 9.47 Å². The highest BCUT2D eigenvalue weighted by Gasteiger charge is 2.18. The molecule has 0 heterocycles. The maximum atomic E-state index is 9.12. The summed E-state index contributed by atoms with van der Waals surface area (Å²) in [5.74, 6) is 1.45. The van der Waals surface area contributed by atoms with Gasteiger partial charge in [0.05, 0.1) is 5.56 Å². The molecule has 2 aromatic rings. The lowest BCUT2D eigenvalue weighted by Crippen LogP contribution is -2.16. The zero-order valence-electron chi connectivity index (χ0n) is 13.6. The number of ether oxygens (including phenoxy) is 2. The van der Waals surface area contributed by atoms with Gasteiger partial charge in [-0.2, -0.15) is 5.26 Å². The minimum absolute atomic E-state index is 0.0249. The van der Waals surface area contributed by atoms with Crippen LogP contribution in [0.25, 0.3) is 0 Å². The summed E-state index contributed by atoms with van der Waals surface area (Å²) in [5, 5.41) is 9.12. The van der Waals surface area contributed by atoms with Crippen molar-refractivity contribution in [3.8, 4) is 17.6 Å². The van der Waals surface area contributed by atoms with E-state index in [0.717, 1.165) is 10.2 Å². The van der Waals surface area contributed by atoms with Crippen LogP contribution in [0.2, 0.25) is 0 Å². The number of nitriles is 1. The number of rotatable bonds is 5. The van der Waals surface area contributed by atoms with Gasteiger partial charge in [0.1, 0.15) is 30.8 Å². The van der Waals surface area contributed by atoms with Gasteiger partial charge >= 0.3 is 0 Å². The van der Waals surface area contributed by atoms with Gasteiger partial charge in [-0.05, 0) is 35.2 Å². The second-order valence-corrected chi connectivity index (χ2v) is 7.11. The summed E-state index contributed by atoms with van der Waals surface area (Å²) in [6.45, 7) is 7.29. The number of nitrogens with zero attached hydrogens (tertiary/aromatic N) is 1. The molecule has 0 N–H and O–H groups in total. The highest BCUT2D eigenvalue weighted by molar-refractivity contribution is 9.10. The second kappa shape index (κ2) is 7.52. The SMILES string of the molecule is CC(C)(C)c1ccccc1OCCOc1ccc(Br)cc1C#N. The number of hydrogen-bond donors (Lipinski definition) is 0. The Morgan fingerprint density at radius 1 is 1.00 bits per heavy atom. The van der Waals surface area contributed by atoms with Gasteiger partial charge in [0.2, 0.25) is 0 Å². The van der Waals surface area contributed by atoms with Crippen LogP contribution in [-0.2, 0) is 5.41 Å². The van der Waals surface area contributed by atoms with Crippen molar-refractivity contribution >= 4 is 15.9 Å². The second-order valence-electron chi connectivity index (χ2n) is 6.20. The average molecular weight is 374 g/mol. The number of hydrogen-bond acceptors (Lipinski definition) is 3. The number of halogens is 1. The van der Waals surface area contributed by atoms with E-state index >= 15 is 0 Å². The lowest BCUT2D eigenvalue weighted by molar-refractivity contribution is 0.214. The van der Waals surface area contributed by atoms with Gasteiger partial charge in [-0.3, -0.25) is 0 Å². The van der Waals surface area contributed by atoms with Crippen LogP contribution >= 0.6 is 15.9 Å². The summed E-state index contributed by atoms with van der Waals surface area (Å²) in [6, 6.07) is 15.5. The Balaban J connectivity index is 1.96. The van der Waals surface area contributed by atoms with Crippen LogP contribution in [0.3, 0.4) is 0 Å². The monoisotopic (exact) mass is 373 g/mol. The standard InChI is InChI=1S/C19H20BrNO2/c1-19(2,3)16-6-4-5-7-18(16)23-11-10-22-17-9-8-15(20)12-14(17)13-21/h4-9,12H,10-11H2,1-3H3. The Morgan fingerprint density at radius 2 is 1.65 bits per heavy atom. The van der Waals surface area contributed by atoms with Gasteiger partial charge in [-0.15, -0.1) is 0 Å². The third-order valence-corrected chi connectivity index (χ3v) is 3.85.